The standard InChI is InChI=1S/C22H32F3N5O/c1-6-16(3)29-9-7-28(8-10-29)13-18-17-11-15(2)12-30(14-19(31)27(4)5)21(17)26-20(18)22(23,24)25/h11-12,16H,6-10,13-14H2,1-5H3/t16-/m1/s1. The van der Waals surface area contributed by atoms with Crippen molar-refractivity contribution in [2.75, 3.05) is 40.3 Å². The lowest BCUT2D eigenvalue weighted by Crippen LogP contribution is -2.49. The van der Waals surface area contributed by atoms with Gasteiger partial charge in [0, 0.05) is 70.2 Å². The van der Waals surface area contributed by atoms with Crippen LogP contribution in [0.15, 0.2) is 12.3 Å². The van der Waals surface area contributed by atoms with Crippen LogP contribution in [0.2, 0.25) is 0 Å². The molecule has 1 atom stereocenters. The molecule has 0 aromatic heterocycles. The highest BCUT2D eigenvalue weighted by molar-refractivity contribution is 5.77. The van der Waals surface area contributed by atoms with Gasteiger partial charge in [0.1, 0.15) is 12.4 Å². The highest BCUT2D eigenvalue weighted by Gasteiger charge is 2.40. The smallest absolute Gasteiger partial charge is 0.347 e. The van der Waals surface area contributed by atoms with Crippen molar-refractivity contribution in [3.8, 4) is 11.4 Å². The fourth-order valence-corrected chi connectivity index (χ4v) is 4.08. The van der Waals surface area contributed by atoms with Gasteiger partial charge in [-0.1, -0.05) is 6.92 Å². The van der Waals surface area contributed by atoms with Crippen LogP contribution in [0.4, 0.5) is 13.2 Å². The van der Waals surface area contributed by atoms with Crippen molar-refractivity contribution in [3.63, 3.8) is 0 Å². The number of pyridine rings is 1. The van der Waals surface area contributed by atoms with Crippen LogP contribution in [0.1, 0.15) is 37.1 Å². The molecule has 0 N–H and O–H groups in total. The van der Waals surface area contributed by atoms with Crippen LogP contribution in [-0.2, 0) is 24.1 Å². The summed E-state index contributed by atoms with van der Waals surface area (Å²) in [5.74, 6) is 0.0116. The Balaban J connectivity index is 1.93. The number of piperazine rings is 1. The predicted molar refractivity (Wildman–Crippen MR) is 114 cm³/mol. The number of amides is 1. The summed E-state index contributed by atoms with van der Waals surface area (Å²) in [6.45, 7) is 9.44. The zero-order valence-corrected chi connectivity index (χ0v) is 19.0. The van der Waals surface area contributed by atoms with E-state index < -0.39 is 11.9 Å². The van der Waals surface area contributed by atoms with Crippen molar-refractivity contribution in [2.24, 2.45) is 0 Å². The Morgan fingerprint density at radius 2 is 1.87 bits per heavy atom. The van der Waals surface area contributed by atoms with E-state index in [1.807, 2.05) is 6.92 Å². The van der Waals surface area contributed by atoms with E-state index in [1.54, 1.807) is 26.4 Å². The third kappa shape index (κ3) is 5.20. The number of fused-ring (bicyclic) bond motifs is 1. The Morgan fingerprint density at radius 1 is 1.23 bits per heavy atom. The minimum absolute atomic E-state index is 0.0491. The van der Waals surface area contributed by atoms with E-state index >= 15 is 0 Å². The van der Waals surface area contributed by atoms with E-state index in [0.29, 0.717) is 11.6 Å². The molecule has 3 heterocycles. The average Bonchev–Trinajstić information content (AvgIpc) is 3.06. The molecule has 1 fully saturated rings. The van der Waals surface area contributed by atoms with Gasteiger partial charge >= 0.3 is 6.18 Å². The van der Waals surface area contributed by atoms with Crippen molar-refractivity contribution in [3.05, 3.63) is 29.1 Å². The van der Waals surface area contributed by atoms with Gasteiger partial charge in [-0.05, 0) is 31.9 Å². The van der Waals surface area contributed by atoms with E-state index in [2.05, 4.69) is 28.6 Å². The summed E-state index contributed by atoms with van der Waals surface area (Å²) in [7, 11) is 3.25. The first-order valence-corrected chi connectivity index (χ1v) is 10.7. The summed E-state index contributed by atoms with van der Waals surface area (Å²) < 4.78 is 43.2. The lowest BCUT2D eigenvalue weighted by Gasteiger charge is -2.38. The van der Waals surface area contributed by atoms with Crippen LogP contribution in [0, 0.1) is 6.92 Å². The number of likely N-dealkylation sites (N-methyl/N-ethyl adjacent to an activating group) is 1. The van der Waals surface area contributed by atoms with Crippen LogP contribution in [0.3, 0.4) is 0 Å². The molecule has 1 saturated heterocycles. The minimum atomic E-state index is -4.55. The summed E-state index contributed by atoms with van der Waals surface area (Å²) >= 11 is 0. The number of carbonyl (C=O) groups excluding carboxylic acids is 1. The van der Waals surface area contributed by atoms with Gasteiger partial charge in [0.15, 0.2) is 5.69 Å². The molecule has 0 aliphatic carbocycles. The molecule has 0 unspecified atom stereocenters. The fourth-order valence-electron chi connectivity index (χ4n) is 4.08. The molecule has 31 heavy (non-hydrogen) atoms. The quantitative estimate of drug-likeness (QED) is 0.693. The molecule has 3 aliphatic heterocycles. The molecule has 6 nitrogen and oxygen atoms in total. The lowest BCUT2D eigenvalue weighted by molar-refractivity contribution is -0.141. The van der Waals surface area contributed by atoms with Crippen LogP contribution in [-0.4, -0.2) is 76.5 Å². The minimum Gasteiger partial charge on any atom is -0.347 e. The second kappa shape index (κ2) is 9.16. The molecule has 1 amide bonds. The Morgan fingerprint density at radius 3 is 2.42 bits per heavy atom. The number of hydrogen-bond donors (Lipinski definition) is 0. The summed E-state index contributed by atoms with van der Waals surface area (Å²) in [6, 6.07) is 2.23. The molecular weight excluding hydrogens is 407 g/mol. The van der Waals surface area contributed by atoms with Gasteiger partial charge in [-0.25, -0.2) is 4.98 Å². The molecule has 0 spiro atoms. The summed E-state index contributed by atoms with van der Waals surface area (Å²) in [4.78, 5) is 22.1. The molecular formula is C22H32F3N5O. The van der Waals surface area contributed by atoms with Gasteiger partial charge in [-0.2, -0.15) is 13.2 Å². The second-order valence-electron chi connectivity index (χ2n) is 8.68. The first kappa shape index (κ1) is 23.5. The topological polar surface area (TPSA) is 44.6 Å². The molecule has 0 aromatic rings. The Labute approximate surface area is 182 Å². The van der Waals surface area contributed by atoms with Gasteiger partial charge in [-0.15, -0.1) is 0 Å². The Kier molecular flexibility index (Phi) is 6.95. The number of halogens is 3. The third-order valence-electron chi connectivity index (χ3n) is 6.15. The molecule has 0 saturated carbocycles. The predicted octanol–water partition coefficient (Wildman–Crippen LogP) is 3.32. The van der Waals surface area contributed by atoms with Gasteiger partial charge < -0.3 is 9.47 Å². The maximum absolute atomic E-state index is 13.9. The fraction of sp³-hybridized carbons (Fsp3) is 0.636. The Hall–Kier alpha value is -2.13. The number of aryl methyl sites for hydroxylation is 1. The summed E-state index contributed by atoms with van der Waals surface area (Å²) in [6.07, 6.45) is -1.81. The number of aromatic nitrogens is 2. The van der Waals surface area contributed by atoms with E-state index in [1.165, 1.54) is 9.47 Å². The van der Waals surface area contributed by atoms with Crippen LogP contribution in [0.25, 0.3) is 11.4 Å². The van der Waals surface area contributed by atoms with Crippen LogP contribution < -0.4 is 0 Å². The van der Waals surface area contributed by atoms with Gasteiger partial charge in [0.25, 0.3) is 0 Å². The molecule has 0 bridgehead atoms. The molecule has 0 aromatic carbocycles. The van der Waals surface area contributed by atoms with Crippen molar-refractivity contribution >= 4 is 5.91 Å². The van der Waals surface area contributed by atoms with Crippen molar-refractivity contribution in [1.82, 2.24) is 24.3 Å². The molecule has 3 rings (SSSR count). The van der Waals surface area contributed by atoms with Gasteiger partial charge in [0.2, 0.25) is 5.91 Å². The molecule has 9 heteroatoms. The lowest BCUT2D eigenvalue weighted by atomic mass is 10.0. The summed E-state index contributed by atoms with van der Waals surface area (Å²) in [5.41, 5.74) is 0.629. The van der Waals surface area contributed by atoms with Gasteiger partial charge in [0.05, 0.1) is 0 Å². The van der Waals surface area contributed by atoms with E-state index in [0.717, 1.165) is 38.2 Å². The van der Waals surface area contributed by atoms with Crippen molar-refractivity contribution in [2.45, 2.75) is 52.5 Å². The van der Waals surface area contributed by atoms with Crippen molar-refractivity contribution < 1.29 is 18.0 Å². The maximum Gasteiger partial charge on any atom is 0.433 e. The number of carbonyl (C=O) groups is 1. The number of alkyl halides is 3. The van der Waals surface area contributed by atoms with E-state index in [9.17, 15) is 18.0 Å². The molecule has 0 radical (unpaired) electrons. The molecule has 172 valence electrons. The first-order valence-electron chi connectivity index (χ1n) is 10.7. The number of nitrogens with zero attached hydrogens (tertiary/aromatic N) is 5. The van der Waals surface area contributed by atoms with E-state index in [4.69, 9.17) is 0 Å². The molecule has 3 aliphatic rings. The van der Waals surface area contributed by atoms with Gasteiger partial charge in [-0.3, -0.25) is 14.6 Å². The van der Waals surface area contributed by atoms with Crippen LogP contribution >= 0.6 is 0 Å². The second-order valence-corrected chi connectivity index (χ2v) is 8.68. The Bertz CT molecular complexity index is 884. The maximum atomic E-state index is 13.9. The van der Waals surface area contributed by atoms with Crippen LogP contribution in [0.5, 0.6) is 0 Å². The SMILES string of the molecule is CC[C@@H](C)N1CCN(Cc2c3cc(C)cn(CC(=O)N(C)C)c-3nc2C(F)(F)F)CC1. The normalized spacial score (nSPS) is 17.3. The highest BCUT2D eigenvalue weighted by atomic mass is 19.4. The highest BCUT2D eigenvalue weighted by Crippen LogP contribution is 2.39. The number of hydrogen-bond acceptors (Lipinski definition) is 4. The average molecular weight is 440 g/mol. The number of rotatable bonds is 6. The van der Waals surface area contributed by atoms with E-state index in [-0.39, 0.29) is 30.4 Å². The zero-order chi connectivity index (χ0) is 22.9. The zero-order valence-electron chi connectivity index (χ0n) is 19.0. The first-order chi connectivity index (χ1) is 14.5. The largest absolute Gasteiger partial charge is 0.433 e. The van der Waals surface area contributed by atoms with Crippen molar-refractivity contribution in [1.29, 1.82) is 0 Å². The third-order valence-corrected chi connectivity index (χ3v) is 6.15. The monoisotopic (exact) mass is 439 g/mol. The summed E-state index contributed by atoms with van der Waals surface area (Å²) in [5, 5.41) is 0.